The summed E-state index contributed by atoms with van der Waals surface area (Å²) < 4.78 is 1.12. The zero-order valence-electron chi connectivity index (χ0n) is 8.76. The molecular weight excluding hydrogens is 252 g/mol. The highest BCUT2D eigenvalue weighted by molar-refractivity contribution is 9.10. The van der Waals surface area contributed by atoms with Crippen LogP contribution in [0.5, 0.6) is 0 Å². The minimum Gasteiger partial charge on any atom is -0.358 e. The Morgan fingerprint density at radius 1 is 1.40 bits per heavy atom. The molecule has 0 bridgehead atoms. The van der Waals surface area contributed by atoms with E-state index in [1.165, 1.54) is 16.6 Å². The van der Waals surface area contributed by atoms with Crippen LogP contribution < -0.4 is 5.73 Å². The summed E-state index contributed by atoms with van der Waals surface area (Å²) in [5, 5.41) is 1.25. The number of nitrogens with two attached hydrogens (primary N) is 1. The SMILES string of the molecule is CC(CCN)c1cc2cc(Br)ccc2[nH]1. The Hall–Kier alpha value is -0.800. The molecule has 3 N–H and O–H groups in total. The van der Waals surface area contributed by atoms with Crippen molar-refractivity contribution in [1.82, 2.24) is 4.98 Å². The zero-order valence-corrected chi connectivity index (χ0v) is 10.3. The number of H-pyrrole nitrogens is 1. The number of fused-ring (bicyclic) bond motifs is 1. The van der Waals surface area contributed by atoms with Crippen molar-refractivity contribution >= 4 is 26.8 Å². The topological polar surface area (TPSA) is 41.8 Å². The molecule has 1 aromatic heterocycles. The van der Waals surface area contributed by atoms with Crippen LogP contribution in [0.1, 0.15) is 25.0 Å². The highest BCUT2D eigenvalue weighted by atomic mass is 79.9. The van der Waals surface area contributed by atoms with Crippen LogP contribution in [0.3, 0.4) is 0 Å². The number of rotatable bonds is 3. The van der Waals surface area contributed by atoms with Crippen LogP contribution in [-0.2, 0) is 0 Å². The second kappa shape index (κ2) is 4.37. The Bertz CT molecular complexity index is 462. The molecule has 0 radical (unpaired) electrons. The molecular formula is C12H15BrN2. The Labute approximate surface area is 98.0 Å². The molecule has 1 unspecified atom stereocenters. The third-order valence-corrected chi connectivity index (χ3v) is 3.23. The molecule has 1 heterocycles. The highest BCUT2D eigenvalue weighted by Crippen LogP contribution is 2.25. The zero-order chi connectivity index (χ0) is 10.8. The monoisotopic (exact) mass is 266 g/mol. The molecule has 15 heavy (non-hydrogen) atoms. The van der Waals surface area contributed by atoms with Gasteiger partial charge in [0.2, 0.25) is 0 Å². The van der Waals surface area contributed by atoms with E-state index in [-0.39, 0.29) is 0 Å². The molecule has 0 spiro atoms. The fraction of sp³-hybridized carbons (Fsp3) is 0.333. The smallest absolute Gasteiger partial charge is 0.0456 e. The van der Waals surface area contributed by atoms with Crippen molar-refractivity contribution in [2.45, 2.75) is 19.3 Å². The predicted octanol–water partition coefficient (Wildman–Crippen LogP) is 3.38. The van der Waals surface area contributed by atoms with Crippen LogP contribution in [0, 0.1) is 0 Å². The minimum absolute atomic E-state index is 0.501. The van der Waals surface area contributed by atoms with E-state index in [1.54, 1.807) is 0 Å². The van der Waals surface area contributed by atoms with E-state index in [2.05, 4.69) is 52.1 Å². The number of aromatic amines is 1. The first-order chi connectivity index (χ1) is 7.20. The van der Waals surface area contributed by atoms with Gasteiger partial charge in [-0.25, -0.2) is 0 Å². The number of aromatic nitrogens is 1. The molecule has 80 valence electrons. The summed E-state index contributed by atoms with van der Waals surface area (Å²) in [6.45, 7) is 2.94. The van der Waals surface area contributed by atoms with Crippen molar-refractivity contribution < 1.29 is 0 Å². The van der Waals surface area contributed by atoms with Crippen molar-refractivity contribution in [2.24, 2.45) is 5.73 Å². The van der Waals surface area contributed by atoms with Crippen molar-refractivity contribution in [3.8, 4) is 0 Å². The maximum atomic E-state index is 5.56. The Morgan fingerprint density at radius 2 is 2.20 bits per heavy atom. The van der Waals surface area contributed by atoms with E-state index in [0.717, 1.165) is 17.4 Å². The fourth-order valence-corrected chi connectivity index (χ4v) is 2.18. The third kappa shape index (κ3) is 2.24. The lowest BCUT2D eigenvalue weighted by molar-refractivity contribution is 0.676. The Morgan fingerprint density at radius 3 is 2.93 bits per heavy atom. The van der Waals surface area contributed by atoms with Gasteiger partial charge in [-0.2, -0.15) is 0 Å². The lowest BCUT2D eigenvalue weighted by Gasteiger charge is -2.06. The van der Waals surface area contributed by atoms with Crippen molar-refractivity contribution in [3.05, 3.63) is 34.4 Å². The second-order valence-electron chi connectivity index (χ2n) is 3.93. The summed E-state index contributed by atoms with van der Waals surface area (Å²) in [5.41, 5.74) is 8.03. The number of nitrogens with one attached hydrogen (secondary N) is 1. The van der Waals surface area contributed by atoms with Crippen LogP contribution >= 0.6 is 15.9 Å². The molecule has 2 aromatic rings. The molecule has 0 aliphatic carbocycles. The van der Waals surface area contributed by atoms with Gasteiger partial charge in [-0.15, -0.1) is 0 Å². The van der Waals surface area contributed by atoms with Gasteiger partial charge in [0.25, 0.3) is 0 Å². The summed E-state index contributed by atoms with van der Waals surface area (Å²) in [4.78, 5) is 3.43. The molecule has 2 nitrogen and oxygen atoms in total. The van der Waals surface area contributed by atoms with Crippen LogP contribution in [0.2, 0.25) is 0 Å². The van der Waals surface area contributed by atoms with Gasteiger partial charge in [0, 0.05) is 21.1 Å². The van der Waals surface area contributed by atoms with E-state index >= 15 is 0 Å². The van der Waals surface area contributed by atoms with E-state index in [1.807, 2.05) is 0 Å². The number of benzene rings is 1. The van der Waals surface area contributed by atoms with Gasteiger partial charge in [0.15, 0.2) is 0 Å². The van der Waals surface area contributed by atoms with Crippen LogP contribution in [-0.4, -0.2) is 11.5 Å². The van der Waals surface area contributed by atoms with Crippen LogP contribution in [0.4, 0.5) is 0 Å². The Kier molecular flexibility index (Phi) is 3.12. The molecule has 0 saturated heterocycles. The van der Waals surface area contributed by atoms with Gasteiger partial charge in [-0.1, -0.05) is 22.9 Å². The van der Waals surface area contributed by atoms with Gasteiger partial charge in [0.1, 0.15) is 0 Å². The van der Waals surface area contributed by atoms with E-state index < -0.39 is 0 Å². The lowest BCUT2D eigenvalue weighted by atomic mass is 10.0. The predicted molar refractivity (Wildman–Crippen MR) is 68.1 cm³/mol. The van der Waals surface area contributed by atoms with Gasteiger partial charge >= 0.3 is 0 Å². The molecule has 0 aliphatic heterocycles. The average Bonchev–Trinajstić information content (AvgIpc) is 2.60. The van der Waals surface area contributed by atoms with E-state index in [4.69, 9.17) is 5.73 Å². The fourth-order valence-electron chi connectivity index (χ4n) is 1.80. The molecule has 2 rings (SSSR count). The van der Waals surface area contributed by atoms with E-state index in [9.17, 15) is 0 Å². The Balaban J connectivity index is 2.38. The first-order valence-corrected chi connectivity index (χ1v) is 5.98. The van der Waals surface area contributed by atoms with Crippen molar-refractivity contribution in [3.63, 3.8) is 0 Å². The number of hydrogen-bond acceptors (Lipinski definition) is 1. The number of hydrogen-bond donors (Lipinski definition) is 2. The first-order valence-electron chi connectivity index (χ1n) is 5.19. The summed E-state index contributed by atoms with van der Waals surface area (Å²) in [6.07, 6.45) is 1.02. The maximum absolute atomic E-state index is 5.56. The molecule has 0 aliphatic rings. The summed E-state index contributed by atoms with van der Waals surface area (Å²) in [6, 6.07) is 8.49. The maximum Gasteiger partial charge on any atom is 0.0456 e. The van der Waals surface area contributed by atoms with Gasteiger partial charge in [0.05, 0.1) is 0 Å². The average molecular weight is 267 g/mol. The van der Waals surface area contributed by atoms with Gasteiger partial charge < -0.3 is 10.7 Å². The number of halogens is 1. The second-order valence-corrected chi connectivity index (χ2v) is 4.85. The molecule has 0 fully saturated rings. The molecule has 1 aromatic carbocycles. The molecule has 0 saturated carbocycles. The van der Waals surface area contributed by atoms with Crippen molar-refractivity contribution in [2.75, 3.05) is 6.54 Å². The minimum atomic E-state index is 0.501. The molecule has 3 heteroatoms. The summed E-state index contributed by atoms with van der Waals surface area (Å²) in [5.74, 6) is 0.501. The quantitative estimate of drug-likeness (QED) is 0.879. The highest BCUT2D eigenvalue weighted by Gasteiger charge is 2.07. The normalized spacial score (nSPS) is 13.3. The van der Waals surface area contributed by atoms with E-state index in [0.29, 0.717) is 5.92 Å². The van der Waals surface area contributed by atoms with Gasteiger partial charge in [-0.3, -0.25) is 0 Å². The molecule has 0 amide bonds. The third-order valence-electron chi connectivity index (χ3n) is 2.73. The lowest BCUT2D eigenvalue weighted by Crippen LogP contribution is -2.04. The standard InChI is InChI=1S/C12H15BrN2/c1-8(4-5-14)12-7-9-6-10(13)2-3-11(9)15-12/h2-3,6-8,15H,4-5,14H2,1H3. The van der Waals surface area contributed by atoms with Crippen LogP contribution in [0.25, 0.3) is 10.9 Å². The first kappa shape index (κ1) is 10.7. The largest absolute Gasteiger partial charge is 0.358 e. The van der Waals surface area contributed by atoms with Gasteiger partial charge in [-0.05, 0) is 43.1 Å². The summed E-state index contributed by atoms with van der Waals surface area (Å²) >= 11 is 3.48. The summed E-state index contributed by atoms with van der Waals surface area (Å²) in [7, 11) is 0. The van der Waals surface area contributed by atoms with Crippen LogP contribution in [0.15, 0.2) is 28.7 Å². The molecule has 1 atom stereocenters. The van der Waals surface area contributed by atoms with Crippen molar-refractivity contribution in [1.29, 1.82) is 0 Å².